The zero-order valence-corrected chi connectivity index (χ0v) is 14.5. The van der Waals surface area contributed by atoms with E-state index in [9.17, 15) is 9.59 Å². The SMILES string of the molecule is CC(C)Oc1ccccc1NC(=O)C(=O)Nc1ccc2c(c1)CCC2. The summed E-state index contributed by atoms with van der Waals surface area (Å²) < 4.78 is 5.65. The van der Waals surface area contributed by atoms with Crippen molar-refractivity contribution in [1.29, 1.82) is 0 Å². The number of hydrogen-bond donors (Lipinski definition) is 2. The second-order valence-electron chi connectivity index (χ2n) is 6.41. The standard InChI is InChI=1S/C20H22N2O3/c1-13(2)25-18-9-4-3-8-17(18)22-20(24)19(23)21-16-11-10-14-6-5-7-15(14)12-16/h3-4,8-13H,5-7H2,1-2H3,(H,21,23)(H,22,24). The van der Waals surface area contributed by atoms with Gasteiger partial charge in [0.15, 0.2) is 0 Å². The van der Waals surface area contributed by atoms with E-state index in [2.05, 4.69) is 10.6 Å². The van der Waals surface area contributed by atoms with Crippen LogP contribution in [0.4, 0.5) is 11.4 Å². The predicted molar refractivity (Wildman–Crippen MR) is 97.9 cm³/mol. The molecule has 0 atom stereocenters. The number of anilines is 2. The fourth-order valence-corrected chi connectivity index (χ4v) is 2.94. The number of para-hydroxylation sites is 2. The van der Waals surface area contributed by atoms with Crippen LogP contribution in [0.5, 0.6) is 5.75 Å². The van der Waals surface area contributed by atoms with Gasteiger partial charge in [-0.15, -0.1) is 0 Å². The molecule has 0 heterocycles. The van der Waals surface area contributed by atoms with Crippen molar-refractivity contribution in [3.63, 3.8) is 0 Å². The first kappa shape index (κ1) is 17.0. The number of carbonyl (C=O) groups excluding carboxylic acids is 2. The van der Waals surface area contributed by atoms with E-state index < -0.39 is 11.8 Å². The van der Waals surface area contributed by atoms with Crippen molar-refractivity contribution in [3.05, 3.63) is 53.6 Å². The molecule has 1 aliphatic carbocycles. The van der Waals surface area contributed by atoms with Crippen LogP contribution < -0.4 is 15.4 Å². The van der Waals surface area contributed by atoms with Crippen LogP contribution in [0.2, 0.25) is 0 Å². The maximum absolute atomic E-state index is 12.2. The molecule has 0 fully saturated rings. The minimum atomic E-state index is -0.722. The lowest BCUT2D eigenvalue weighted by molar-refractivity contribution is -0.133. The average Bonchev–Trinajstić information content (AvgIpc) is 3.03. The maximum atomic E-state index is 12.2. The number of fused-ring (bicyclic) bond motifs is 1. The molecule has 5 heteroatoms. The zero-order chi connectivity index (χ0) is 17.8. The topological polar surface area (TPSA) is 67.4 Å². The summed E-state index contributed by atoms with van der Waals surface area (Å²) >= 11 is 0. The first-order valence-electron chi connectivity index (χ1n) is 8.53. The molecule has 0 saturated heterocycles. The van der Waals surface area contributed by atoms with Gasteiger partial charge in [-0.05, 0) is 68.5 Å². The molecular formula is C20H22N2O3. The van der Waals surface area contributed by atoms with Crippen molar-refractivity contribution in [2.75, 3.05) is 10.6 Å². The van der Waals surface area contributed by atoms with Gasteiger partial charge >= 0.3 is 11.8 Å². The minimum absolute atomic E-state index is 0.0294. The number of aryl methyl sites for hydroxylation is 2. The highest BCUT2D eigenvalue weighted by Crippen LogP contribution is 2.26. The highest BCUT2D eigenvalue weighted by Gasteiger charge is 2.18. The van der Waals surface area contributed by atoms with Gasteiger partial charge in [-0.3, -0.25) is 9.59 Å². The molecule has 5 nitrogen and oxygen atoms in total. The number of amides is 2. The van der Waals surface area contributed by atoms with Crippen LogP contribution in [0.15, 0.2) is 42.5 Å². The quantitative estimate of drug-likeness (QED) is 0.838. The molecular weight excluding hydrogens is 316 g/mol. The molecule has 0 radical (unpaired) electrons. The number of nitrogens with one attached hydrogen (secondary N) is 2. The summed E-state index contributed by atoms with van der Waals surface area (Å²) in [5, 5.41) is 5.27. The van der Waals surface area contributed by atoms with Gasteiger partial charge in [0.2, 0.25) is 0 Å². The summed E-state index contributed by atoms with van der Waals surface area (Å²) in [5.74, 6) is -0.881. The number of benzene rings is 2. The van der Waals surface area contributed by atoms with Gasteiger partial charge in [0.1, 0.15) is 5.75 Å². The Labute approximate surface area is 147 Å². The van der Waals surface area contributed by atoms with Gasteiger partial charge in [-0.1, -0.05) is 18.2 Å². The predicted octanol–water partition coefficient (Wildman–Crippen LogP) is 3.54. The van der Waals surface area contributed by atoms with Crippen molar-refractivity contribution >= 4 is 23.2 Å². The molecule has 2 aromatic carbocycles. The van der Waals surface area contributed by atoms with Gasteiger partial charge in [0, 0.05) is 5.69 Å². The molecule has 0 spiro atoms. The lowest BCUT2D eigenvalue weighted by Gasteiger charge is -2.14. The van der Waals surface area contributed by atoms with Crippen LogP contribution in [0.3, 0.4) is 0 Å². The largest absolute Gasteiger partial charge is 0.489 e. The van der Waals surface area contributed by atoms with Gasteiger partial charge < -0.3 is 15.4 Å². The Balaban J connectivity index is 1.66. The number of carbonyl (C=O) groups is 2. The Morgan fingerprint density at radius 2 is 1.68 bits per heavy atom. The molecule has 130 valence electrons. The molecule has 3 rings (SSSR count). The molecule has 2 N–H and O–H groups in total. The first-order valence-corrected chi connectivity index (χ1v) is 8.53. The van der Waals surface area contributed by atoms with Crippen LogP contribution in [-0.4, -0.2) is 17.9 Å². The van der Waals surface area contributed by atoms with Crippen LogP contribution in [0.1, 0.15) is 31.4 Å². The van der Waals surface area contributed by atoms with E-state index in [1.165, 1.54) is 11.1 Å². The first-order chi connectivity index (χ1) is 12.0. The number of hydrogen-bond acceptors (Lipinski definition) is 3. The number of ether oxygens (including phenoxy) is 1. The van der Waals surface area contributed by atoms with Gasteiger partial charge in [-0.25, -0.2) is 0 Å². The van der Waals surface area contributed by atoms with E-state index in [1.54, 1.807) is 18.2 Å². The van der Waals surface area contributed by atoms with Crippen LogP contribution in [0, 0.1) is 0 Å². The molecule has 2 aromatic rings. The fourth-order valence-electron chi connectivity index (χ4n) is 2.94. The van der Waals surface area contributed by atoms with Gasteiger partial charge in [0.05, 0.1) is 11.8 Å². The average molecular weight is 338 g/mol. The fraction of sp³-hybridized carbons (Fsp3) is 0.300. The van der Waals surface area contributed by atoms with Crippen LogP contribution >= 0.6 is 0 Å². The lowest BCUT2D eigenvalue weighted by Crippen LogP contribution is -2.29. The van der Waals surface area contributed by atoms with Crippen molar-refractivity contribution in [2.24, 2.45) is 0 Å². The highest BCUT2D eigenvalue weighted by molar-refractivity contribution is 6.43. The third-order valence-electron chi connectivity index (χ3n) is 4.06. The Bertz CT molecular complexity index is 799. The van der Waals surface area contributed by atoms with Crippen LogP contribution in [-0.2, 0) is 22.4 Å². The normalized spacial score (nSPS) is 12.6. The van der Waals surface area contributed by atoms with Crippen LogP contribution in [0.25, 0.3) is 0 Å². The zero-order valence-electron chi connectivity index (χ0n) is 14.5. The summed E-state index contributed by atoms with van der Waals surface area (Å²) in [6.07, 6.45) is 3.21. The van der Waals surface area contributed by atoms with Crippen molar-refractivity contribution in [2.45, 2.75) is 39.2 Å². The van der Waals surface area contributed by atoms with E-state index in [4.69, 9.17) is 4.74 Å². The summed E-state index contributed by atoms with van der Waals surface area (Å²) in [5.41, 5.74) is 3.69. The van der Waals surface area contributed by atoms with Gasteiger partial charge in [0.25, 0.3) is 0 Å². The Hall–Kier alpha value is -2.82. The number of rotatable bonds is 4. The Morgan fingerprint density at radius 1 is 0.960 bits per heavy atom. The van der Waals surface area contributed by atoms with E-state index >= 15 is 0 Å². The summed E-state index contributed by atoms with van der Waals surface area (Å²) in [4.78, 5) is 24.4. The van der Waals surface area contributed by atoms with Crippen molar-refractivity contribution in [3.8, 4) is 5.75 Å². The maximum Gasteiger partial charge on any atom is 0.314 e. The van der Waals surface area contributed by atoms with E-state index in [0.717, 1.165) is 19.3 Å². The molecule has 1 aliphatic rings. The second-order valence-corrected chi connectivity index (χ2v) is 6.41. The van der Waals surface area contributed by atoms with Crippen molar-refractivity contribution < 1.29 is 14.3 Å². The van der Waals surface area contributed by atoms with Gasteiger partial charge in [-0.2, -0.15) is 0 Å². The van der Waals surface area contributed by atoms with E-state index in [1.807, 2.05) is 38.1 Å². The Morgan fingerprint density at radius 3 is 2.48 bits per heavy atom. The lowest BCUT2D eigenvalue weighted by atomic mass is 10.1. The molecule has 0 bridgehead atoms. The highest BCUT2D eigenvalue weighted by atomic mass is 16.5. The van der Waals surface area contributed by atoms with E-state index in [0.29, 0.717) is 17.1 Å². The minimum Gasteiger partial charge on any atom is -0.489 e. The molecule has 0 unspecified atom stereocenters. The molecule has 25 heavy (non-hydrogen) atoms. The smallest absolute Gasteiger partial charge is 0.314 e. The molecule has 2 amide bonds. The Kier molecular flexibility index (Phi) is 5.03. The van der Waals surface area contributed by atoms with E-state index in [-0.39, 0.29) is 6.10 Å². The second kappa shape index (κ2) is 7.38. The summed E-state index contributed by atoms with van der Waals surface area (Å²) in [7, 11) is 0. The summed E-state index contributed by atoms with van der Waals surface area (Å²) in [6, 6.07) is 12.9. The monoisotopic (exact) mass is 338 g/mol. The third kappa shape index (κ3) is 4.18. The van der Waals surface area contributed by atoms with Crippen molar-refractivity contribution in [1.82, 2.24) is 0 Å². The molecule has 0 saturated carbocycles. The third-order valence-corrected chi connectivity index (χ3v) is 4.06. The molecule has 0 aromatic heterocycles. The summed E-state index contributed by atoms with van der Waals surface area (Å²) in [6.45, 7) is 3.80. The molecule has 0 aliphatic heterocycles.